The number of hydrogen-bond acceptors (Lipinski definition) is 2. The van der Waals surface area contributed by atoms with Gasteiger partial charge in [-0.3, -0.25) is 0 Å². The molecule has 0 atom stereocenters. The van der Waals surface area contributed by atoms with Crippen LogP contribution in [0.2, 0.25) is 0 Å². The monoisotopic (exact) mass is 700 g/mol. The van der Waals surface area contributed by atoms with E-state index in [0.29, 0.717) is 11.2 Å². The maximum Gasteiger partial charge on any atom is 0.135 e. The Kier molecular flexibility index (Phi) is 5.82. The lowest BCUT2D eigenvalue weighted by molar-refractivity contribution is 0.626. The first-order valence-electron chi connectivity index (χ1n) is 17.9. The molecule has 0 aliphatic carbocycles. The smallest absolute Gasteiger partial charge is 0.135 e. The van der Waals surface area contributed by atoms with Crippen molar-refractivity contribution in [2.45, 2.75) is 0 Å². The van der Waals surface area contributed by atoms with Crippen LogP contribution in [0.1, 0.15) is 0 Å². The largest absolute Gasteiger partial charge is 0.456 e. The fourth-order valence-corrected chi connectivity index (χ4v) is 8.61. The Morgan fingerprint density at radius 3 is 1.17 bits per heavy atom. The highest BCUT2D eigenvalue weighted by Crippen LogP contribution is 2.40. The lowest BCUT2D eigenvalue weighted by Crippen LogP contribution is -1.94. The zero-order valence-corrected chi connectivity index (χ0v) is 28.5. The van der Waals surface area contributed by atoms with Crippen molar-refractivity contribution in [2.24, 2.45) is 0 Å². The summed E-state index contributed by atoms with van der Waals surface area (Å²) in [7, 11) is 0. The van der Waals surface area contributed by atoms with Crippen molar-refractivity contribution in [1.29, 1.82) is 0 Å². The van der Waals surface area contributed by atoms with E-state index < -0.39 is 0 Å². The van der Waals surface area contributed by atoms with E-state index in [-0.39, 0.29) is 11.6 Å². The van der Waals surface area contributed by atoms with E-state index in [9.17, 15) is 8.78 Å². The van der Waals surface area contributed by atoms with Crippen LogP contribution in [0, 0.1) is 11.6 Å². The Morgan fingerprint density at radius 1 is 0.315 bits per heavy atom. The van der Waals surface area contributed by atoms with E-state index in [2.05, 4.69) is 118 Å². The third-order valence-corrected chi connectivity index (χ3v) is 11.0. The molecule has 0 spiro atoms. The standard InChI is InChI=1S/C48H26F2N2O2/c49-29-11-17-45-37(23-29)39-25-31(13-19-47(39)53-45)51-41-7-3-1-5-33(41)35-21-27(9-15-43(35)51)28-10-16-44-36(22-28)34-6-2-4-8-42(34)52(44)32-14-20-48-40(26-32)38-24-30(50)12-18-46(38)54-48/h1-26H. The minimum atomic E-state index is -0.287. The van der Waals surface area contributed by atoms with E-state index in [0.717, 1.165) is 98.8 Å². The number of aromatic nitrogens is 2. The molecule has 0 radical (unpaired) electrons. The van der Waals surface area contributed by atoms with Crippen molar-refractivity contribution in [1.82, 2.24) is 9.13 Å². The van der Waals surface area contributed by atoms with Crippen molar-refractivity contribution >= 4 is 87.5 Å². The quantitative estimate of drug-likeness (QED) is 0.184. The summed E-state index contributed by atoms with van der Waals surface area (Å²) in [4.78, 5) is 0. The average Bonchev–Trinajstić information content (AvgIpc) is 3.94. The number of halogens is 2. The number of benzene rings is 8. The molecular formula is C48H26F2N2O2. The molecule has 0 aliphatic heterocycles. The van der Waals surface area contributed by atoms with Gasteiger partial charge in [-0.05, 0) is 120 Å². The molecule has 4 aromatic heterocycles. The Balaban J connectivity index is 1.03. The van der Waals surface area contributed by atoms with E-state index >= 15 is 0 Å². The molecule has 0 unspecified atom stereocenters. The van der Waals surface area contributed by atoms with Crippen molar-refractivity contribution < 1.29 is 17.6 Å². The number of rotatable bonds is 3. The number of nitrogens with zero attached hydrogens (tertiary/aromatic N) is 2. The second kappa shape index (κ2) is 10.7. The van der Waals surface area contributed by atoms with Gasteiger partial charge in [0.15, 0.2) is 0 Å². The Hall–Kier alpha value is -7.18. The molecule has 8 aromatic carbocycles. The number of fused-ring (bicyclic) bond motifs is 12. The Labute approximate surface area is 305 Å². The zero-order valence-electron chi connectivity index (χ0n) is 28.5. The third kappa shape index (κ3) is 4.10. The van der Waals surface area contributed by atoms with Crippen molar-refractivity contribution in [2.75, 3.05) is 0 Å². The Bertz CT molecular complexity index is 3310. The highest BCUT2D eigenvalue weighted by Gasteiger charge is 2.18. The maximum absolute atomic E-state index is 14.3. The normalized spacial score (nSPS) is 12.3. The van der Waals surface area contributed by atoms with Gasteiger partial charge in [-0.25, -0.2) is 8.78 Å². The predicted octanol–water partition coefficient (Wildman–Crippen LogP) is 13.6. The van der Waals surface area contributed by atoms with Crippen LogP contribution in [0.4, 0.5) is 8.78 Å². The van der Waals surface area contributed by atoms with Gasteiger partial charge in [0.2, 0.25) is 0 Å². The Morgan fingerprint density at radius 2 is 0.704 bits per heavy atom. The second-order valence-corrected chi connectivity index (χ2v) is 14.0. The van der Waals surface area contributed by atoms with Crippen LogP contribution in [-0.2, 0) is 0 Å². The van der Waals surface area contributed by atoms with Crippen LogP contribution >= 0.6 is 0 Å². The molecule has 0 saturated carbocycles. The fraction of sp³-hybridized carbons (Fsp3) is 0. The fourth-order valence-electron chi connectivity index (χ4n) is 8.61. The van der Waals surface area contributed by atoms with Crippen molar-refractivity contribution in [3.8, 4) is 22.5 Å². The summed E-state index contributed by atoms with van der Waals surface area (Å²) >= 11 is 0. The van der Waals surface area contributed by atoms with Crippen LogP contribution in [0.15, 0.2) is 167 Å². The van der Waals surface area contributed by atoms with Crippen molar-refractivity contribution in [3.63, 3.8) is 0 Å². The summed E-state index contributed by atoms with van der Waals surface area (Å²) in [6.07, 6.45) is 0. The maximum atomic E-state index is 14.3. The van der Waals surface area contributed by atoms with Crippen LogP contribution in [0.5, 0.6) is 0 Å². The van der Waals surface area contributed by atoms with E-state index in [1.54, 1.807) is 24.3 Å². The van der Waals surface area contributed by atoms with Gasteiger partial charge in [0.25, 0.3) is 0 Å². The van der Waals surface area contributed by atoms with Gasteiger partial charge in [-0.15, -0.1) is 0 Å². The minimum absolute atomic E-state index is 0.287. The van der Waals surface area contributed by atoms with Gasteiger partial charge < -0.3 is 18.0 Å². The molecule has 6 heteroatoms. The first-order chi connectivity index (χ1) is 26.6. The summed E-state index contributed by atoms with van der Waals surface area (Å²) in [5.74, 6) is -0.574. The highest BCUT2D eigenvalue weighted by molar-refractivity contribution is 6.14. The van der Waals surface area contributed by atoms with Crippen LogP contribution in [-0.4, -0.2) is 9.13 Å². The molecule has 0 fully saturated rings. The van der Waals surface area contributed by atoms with Gasteiger partial charge in [-0.2, -0.15) is 0 Å². The molecule has 0 bridgehead atoms. The topological polar surface area (TPSA) is 36.1 Å². The molecule has 12 aromatic rings. The summed E-state index contributed by atoms with van der Waals surface area (Å²) < 4.78 is 45.2. The zero-order chi connectivity index (χ0) is 35.7. The molecular weight excluding hydrogens is 675 g/mol. The summed E-state index contributed by atoms with van der Waals surface area (Å²) in [6.45, 7) is 0. The number of para-hydroxylation sites is 2. The van der Waals surface area contributed by atoms with Gasteiger partial charge >= 0.3 is 0 Å². The first kappa shape index (κ1) is 29.4. The second-order valence-electron chi connectivity index (χ2n) is 14.0. The van der Waals surface area contributed by atoms with E-state index in [1.807, 2.05) is 12.1 Å². The minimum Gasteiger partial charge on any atom is -0.456 e. The van der Waals surface area contributed by atoms with Gasteiger partial charge in [0.1, 0.15) is 34.0 Å². The van der Waals surface area contributed by atoms with E-state index in [4.69, 9.17) is 8.83 Å². The number of hydrogen-bond donors (Lipinski definition) is 0. The molecule has 54 heavy (non-hydrogen) atoms. The molecule has 4 heterocycles. The van der Waals surface area contributed by atoms with Crippen LogP contribution < -0.4 is 0 Å². The molecule has 0 N–H and O–H groups in total. The lowest BCUT2D eigenvalue weighted by atomic mass is 10.0. The predicted molar refractivity (Wildman–Crippen MR) is 215 cm³/mol. The highest BCUT2D eigenvalue weighted by atomic mass is 19.1. The van der Waals surface area contributed by atoms with Gasteiger partial charge in [0.05, 0.1) is 22.1 Å². The molecule has 0 aliphatic rings. The van der Waals surface area contributed by atoms with Crippen molar-refractivity contribution in [3.05, 3.63) is 169 Å². The summed E-state index contributed by atoms with van der Waals surface area (Å²) in [6, 6.07) is 51.8. The van der Waals surface area contributed by atoms with Crippen LogP contribution in [0.25, 0.3) is 110 Å². The number of furan rings is 2. The van der Waals surface area contributed by atoms with Gasteiger partial charge in [-0.1, -0.05) is 48.5 Å². The van der Waals surface area contributed by atoms with Crippen LogP contribution in [0.3, 0.4) is 0 Å². The SMILES string of the molecule is Fc1ccc2oc3ccc(-n4c5ccccc5c5cc(-c6ccc7c(c6)c6ccccc6n7-c6ccc7oc8ccc(F)cc8c7c6)ccc54)cc3c2c1. The van der Waals surface area contributed by atoms with E-state index in [1.165, 1.54) is 12.1 Å². The molecule has 0 amide bonds. The summed E-state index contributed by atoms with van der Waals surface area (Å²) in [5, 5.41) is 7.87. The molecule has 4 nitrogen and oxygen atoms in total. The van der Waals surface area contributed by atoms with Gasteiger partial charge in [0, 0.05) is 54.5 Å². The lowest BCUT2D eigenvalue weighted by Gasteiger charge is -2.10. The average molecular weight is 701 g/mol. The molecule has 254 valence electrons. The third-order valence-electron chi connectivity index (χ3n) is 11.0. The molecule has 0 saturated heterocycles. The molecule has 12 rings (SSSR count). The first-order valence-corrected chi connectivity index (χ1v) is 17.9. The summed E-state index contributed by atoms with van der Waals surface area (Å²) in [5.41, 5.74) is 11.3.